The number of aromatic nitrogens is 2. The van der Waals surface area contributed by atoms with Crippen molar-refractivity contribution in [3.05, 3.63) is 64.6 Å². The molecule has 1 radical (unpaired) electrons. The van der Waals surface area contributed by atoms with E-state index in [4.69, 9.17) is 0 Å². The molecule has 0 aliphatic heterocycles. The molecule has 99 valence electrons. The molecule has 0 unspecified atom stereocenters. The molecule has 2 aromatic carbocycles. The minimum atomic E-state index is -0.233. The van der Waals surface area contributed by atoms with Crippen LogP contribution in [0.4, 0.5) is 0 Å². The third kappa shape index (κ3) is 2.47. The van der Waals surface area contributed by atoms with Gasteiger partial charge in [-0.25, -0.2) is 4.68 Å². The second-order valence-electron chi connectivity index (χ2n) is 4.62. The van der Waals surface area contributed by atoms with Crippen molar-refractivity contribution in [1.82, 2.24) is 9.78 Å². The minimum Gasteiger partial charge on any atom is -0.266 e. The normalized spacial score (nSPS) is 10.7. The summed E-state index contributed by atoms with van der Waals surface area (Å²) >= 11 is 3.41. The highest BCUT2D eigenvalue weighted by Gasteiger charge is 2.12. The lowest BCUT2D eigenvalue weighted by Crippen LogP contribution is -1.98. The molecule has 3 aromatic rings. The van der Waals surface area contributed by atoms with Crippen molar-refractivity contribution in [2.24, 2.45) is 0 Å². The van der Waals surface area contributed by atoms with Gasteiger partial charge in [0.05, 0.1) is 11.4 Å². The van der Waals surface area contributed by atoms with Crippen LogP contribution in [0.15, 0.2) is 59.1 Å². The van der Waals surface area contributed by atoms with Gasteiger partial charge in [-0.3, -0.25) is 5.11 Å². The summed E-state index contributed by atoms with van der Waals surface area (Å²) < 4.78 is 2.69. The lowest BCUT2D eigenvalue weighted by molar-refractivity contribution is 0.334. The van der Waals surface area contributed by atoms with Crippen molar-refractivity contribution in [1.29, 1.82) is 0 Å². The van der Waals surface area contributed by atoms with Crippen LogP contribution in [0.1, 0.15) is 5.56 Å². The number of rotatable bonds is 2. The molecule has 0 aliphatic rings. The first kappa shape index (κ1) is 12.9. The second kappa shape index (κ2) is 5.13. The van der Waals surface area contributed by atoms with Gasteiger partial charge < -0.3 is 0 Å². The summed E-state index contributed by atoms with van der Waals surface area (Å²) in [6, 6.07) is 17.3. The van der Waals surface area contributed by atoms with Crippen LogP contribution >= 0.6 is 15.9 Å². The van der Waals surface area contributed by atoms with Gasteiger partial charge in [0.15, 0.2) is 0 Å². The average molecular weight is 328 g/mol. The number of aryl methyl sites for hydroxylation is 1. The van der Waals surface area contributed by atoms with E-state index in [0.717, 1.165) is 21.4 Å². The van der Waals surface area contributed by atoms with Gasteiger partial charge in [0, 0.05) is 16.1 Å². The summed E-state index contributed by atoms with van der Waals surface area (Å²) in [7, 11) is 0. The van der Waals surface area contributed by atoms with Crippen molar-refractivity contribution in [2.45, 2.75) is 6.92 Å². The third-order valence-corrected chi connectivity index (χ3v) is 3.63. The Balaban J connectivity index is 2.12. The standard InChI is InChI=1S/C16H12BrN2O/c1-11-2-8-14(9-3-11)19-15(10-16(20)18-19)12-4-6-13(17)7-5-12/h2-10H,1H3. The quantitative estimate of drug-likeness (QED) is 0.669. The van der Waals surface area contributed by atoms with Crippen molar-refractivity contribution >= 4 is 15.9 Å². The molecule has 0 saturated carbocycles. The Kier molecular flexibility index (Phi) is 3.32. The molecule has 0 N–H and O–H groups in total. The summed E-state index contributed by atoms with van der Waals surface area (Å²) in [5.74, 6) is -0.233. The summed E-state index contributed by atoms with van der Waals surface area (Å²) in [5.41, 5.74) is 3.82. The van der Waals surface area contributed by atoms with E-state index in [9.17, 15) is 5.11 Å². The first-order valence-corrected chi connectivity index (χ1v) is 7.03. The van der Waals surface area contributed by atoms with Crippen LogP contribution in [0.3, 0.4) is 0 Å². The number of hydrogen-bond acceptors (Lipinski definition) is 1. The van der Waals surface area contributed by atoms with E-state index in [1.165, 1.54) is 5.56 Å². The smallest absolute Gasteiger partial charge is 0.266 e. The fraction of sp³-hybridized carbons (Fsp3) is 0.0625. The van der Waals surface area contributed by atoms with E-state index >= 15 is 0 Å². The highest BCUT2D eigenvalue weighted by atomic mass is 79.9. The molecule has 3 rings (SSSR count). The molecule has 0 aliphatic carbocycles. The van der Waals surface area contributed by atoms with Crippen LogP contribution in [0, 0.1) is 6.92 Å². The molecule has 0 saturated heterocycles. The summed E-state index contributed by atoms with van der Waals surface area (Å²) in [6.07, 6.45) is 0. The van der Waals surface area contributed by atoms with Gasteiger partial charge in [0.1, 0.15) is 0 Å². The topological polar surface area (TPSA) is 37.7 Å². The molecule has 4 heteroatoms. The van der Waals surface area contributed by atoms with E-state index in [0.29, 0.717) is 0 Å². The van der Waals surface area contributed by atoms with Crippen LogP contribution in [0.25, 0.3) is 16.9 Å². The van der Waals surface area contributed by atoms with Gasteiger partial charge >= 0.3 is 0 Å². The second-order valence-corrected chi connectivity index (χ2v) is 5.54. The number of benzene rings is 2. The molecule has 0 spiro atoms. The summed E-state index contributed by atoms with van der Waals surface area (Å²) in [4.78, 5) is 0. The van der Waals surface area contributed by atoms with E-state index in [1.54, 1.807) is 10.7 Å². The van der Waals surface area contributed by atoms with Crippen LogP contribution in [-0.4, -0.2) is 9.78 Å². The molecule has 3 nitrogen and oxygen atoms in total. The van der Waals surface area contributed by atoms with E-state index < -0.39 is 0 Å². The number of hydrogen-bond donors (Lipinski definition) is 0. The predicted molar refractivity (Wildman–Crippen MR) is 81.6 cm³/mol. The van der Waals surface area contributed by atoms with Crippen molar-refractivity contribution in [3.63, 3.8) is 0 Å². The average Bonchev–Trinajstić information content (AvgIpc) is 2.82. The Hall–Kier alpha value is -2.07. The first-order chi connectivity index (χ1) is 9.63. The first-order valence-electron chi connectivity index (χ1n) is 6.23. The Labute approximate surface area is 125 Å². The molecular formula is C16H12BrN2O. The van der Waals surface area contributed by atoms with Gasteiger partial charge in [-0.2, -0.15) is 0 Å². The fourth-order valence-electron chi connectivity index (χ4n) is 2.07. The third-order valence-electron chi connectivity index (χ3n) is 3.11. The van der Waals surface area contributed by atoms with Crippen LogP contribution in [0.5, 0.6) is 5.88 Å². The zero-order chi connectivity index (χ0) is 14.1. The SMILES string of the molecule is Cc1ccc(-n2nc([O])cc2-c2ccc(Br)cc2)cc1. The van der Waals surface area contributed by atoms with Gasteiger partial charge in [0.2, 0.25) is 0 Å². The maximum Gasteiger partial charge on any atom is 0.288 e. The van der Waals surface area contributed by atoms with Gasteiger partial charge in [-0.15, -0.1) is 5.10 Å². The number of halogens is 1. The highest BCUT2D eigenvalue weighted by Crippen LogP contribution is 2.27. The predicted octanol–water partition coefficient (Wildman–Crippen LogP) is 4.75. The van der Waals surface area contributed by atoms with Crippen LogP contribution < -0.4 is 0 Å². The molecule has 0 amide bonds. The lowest BCUT2D eigenvalue weighted by atomic mass is 10.1. The van der Waals surface area contributed by atoms with E-state index in [2.05, 4.69) is 21.0 Å². The maximum absolute atomic E-state index is 11.7. The van der Waals surface area contributed by atoms with E-state index in [1.807, 2.05) is 55.5 Å². The molecule has 20 heavy (non-hydrogen) atoms. The Bertz CT molecular complexity index is 667. The van der Waals surface area contributed by atoms with Crippen LogP contribution in [0.2, 0.25) is 0 Å². The monoisotopic (exact) mass is 327 g/mol. The van der Waals surface area contributed by atoms with Gasteiger partial charge in [-0.1, -0.05) is 45.8 Å². The molecule has 0 bridgehead atoms. The molecular weight excluding hydrogens is 316 g/mol. The zero-order valence-electron chi connectivity index (χ0n) is 10.9. The van der Waals surface area contributed by atoms with Crippen molar-refractivity contribution < 1.29 is 5.11 Å². The summed E-state index contributed by atoms with van der Waals surface area (Å²) in [6.45, 7) is 2.03. The fourth-order valence-corrected chi connectivity index (χ4v) is 2.33. The molecule has 0 fully saturated rings. The summed E-state index contributed by atoms with van der Waals surface area (Å²) in [5, 5.41) is 15.7. The van der Waals surface area contributed by atoms with Crippen molar-refractivity contribution in [3.8, 4) is 22.8 Å². The zero-order valence-corrected chi connectivity index (χ0v) is 12.5. The Morgan fingerprint density at radius 1 is 1.00 bits per heavy atom. The Morgan fingerprint density at radius 2 is 1.65 bits per heavy atom. The minimum absolute atomic E-state index is 0.233. The van der Waals surface area contributed by atoms with Gasteiger partial charge in [0.25, 0.3) is 5.88 Å². The maximum atomic E-state index is 11.7. The van der Waals surface area contributed by atoms with Gasteiger partial charge in [-0.05, 0) is 31.2 Å². The largest absolute Gasteiger partial charge is 0.288 e. The molecule has 1 aromatic heterocycles. The lowest BCUT2D eigenvalue weighted by Gasteiger charge is -2.07. The number of nitrogens with zero attached hydrogens (tertiary/aromatic N) is 2. The molecule has 1 heterocycles. The highest BCUT2D eigenvalue weighted by molar-refractivity contribution is 9.10. The Morgan fingerprint density at radius 3 is 2.30 bits per heavy atom. The van der Waals surface area contributed by atoms with Crippen molar-refractivity contribution in [2.75, 3.05) is 0 Å². The van der Waals surface area contributed by atoms with E-state index in [-0.39, 0.29) is 5.88 Å². The van der Waals surface area contributed by atoms with Crippen LogP contribution in [-0.2, 0) is 5.11 Å². The molecule has 0 atom stereocenters.